The van der Waals surface area contributed by atoms with Gasteiger partial charge in [-0.15, -0.1) is 0 Å². The first kappa shape index (κ1) is 12.4. The fraction of sp³-hybridized carbons (Fsp3) is 1.00. The smallest absolute Gasteiger partial charge is 0.0588 e. The Balaban J connectivity index is 2.01. The van der Waals surface area contributed by atoms with Crippen LogP contribution in [0.2, 0.25) is 0 Å². The van der Waals surface area contributed by atoms with Gasteiger partial charge in [-0.3, -0.25) is 0 Å². The van der Waals surface area contributed by atoms with Crippen molar-refractivity contribution < 1.29 is 5.11 Å². The summed E-state index contributed by atoms with van der Waals surface area (Å²) in [4.78, 5) is 0. The van der Waals surface area contributed by atoms with E-state index in [0.717, 1.165) is 18.9 Å². The second-order valence-electron chi connectivity index (χ2n) is 6.39. The van der Waals surface area contributed by atoms with Crippen molar-refractivity contribution in [3.63, 3.8) is 0 Å². The van der Waals surface area contributed by atoms with E-state index < -0.39 is 0 Å². The van der Waals surface area contributed by atoms with E-state index in [1.807, 2.05) is 0 Å². The molecule has 16 heavy (non-hydrogen) atoms. The van der Waals surface area contributed by atoms with Gasteiger partial charge in [-0.2, -0.15) is 0 Å². The van der Waals surface area contributed by atoms with Crippen molar-refractivity contribution in [1.82, 2.24) is 5.32 Å². The predicted molar refractivity (Wildman–Crippen MR) is 67.2 cm³/mol. The summed E-state index contributed by atoms with van der Waals surface area (Å²) in [6.45, 7) is 8.07. The highest BCUT2D eigenvalue weighted by molar-refractivity contribution is 4.92. The number of hydrogen-bond donors (Lipinski definition) is 2. The van der Waals surface area contributed by atoms with Crippen LogP contribution >= 0.6 is 0 Å². The average molecular weight is 225 g/mol. The lowest BCUT2D eigenvalue weighted by Crippen LogP contribution is -2.51. The summed E-state index contributed by atoms with van der Waals surface area (Å²) in [6, 6.07) is 0.557. The molecule has 0 amide bonds. The number of aliphatic hydroxyl groups is 1. The van der Waals surface area contributed by atoms with Crippen molar-refractivity contribution >= 4 is 0 Å². The van der Waals surface area contributed by atoms with E-state index >= 15 is 0 Å². The van der Waals surface area contributed by atoms with E-state index in [1.54, 1.807) is 0 Å². The van der Waals surface area contributed by atoms with E-state index in [1.165, 1.54) is 19.3 Å². The molecule has 2 heteroatoms. The van der Waals surface area contributed by atoms with Crippen molar-refractivity contribution in [3.8, 4) is 0 Å². The molecule has 0 aromatic carbocycles. The summed E-state index contributed by atoms with van der Waals surface area (Å²) >= 11 is 0. The molecule has 1 saturated heterocycles. The molecule has 1 aliphatic heterocycles. The van der Waals surface area contributed by atoms with E-state index in [0.29, 0.717) is 23.8 Å². The summed E-state index contributed by atoms with van der Waals surface area (Å²) < 4.78 is 0. The van der Waals surface area contributed by atoms with E-state index in [2.05, 4.69) is 26.1 Å². The third-order valence-electron chi connectivity index (χ3n) is 4.68. The van der Waals surface area contributed by atoms with Crippen LogP contribution in [0, 0.1) is 23.7 Å². The standard InChI is InChI=1S/C14H27NO/c1-9-4-5-15-12(7-9)14-11(3)6-10(2)8-13(14)16/h9-16H,4-8H2,1-3H3. The zero-order chi connectivity index (χ0) is 11.7. The molecular formula is C14H27NO. The molecule has 94 valence electrons. The monoisotopic (exact) mass is 225 g/mol. The Labute approximate surface area is 99.8 Å². The van der Waals surface area contributed by atoms with Crippen molar-refractivity contribution in [2.24, 2.45) is 23.7 Å². The van der Waals surface area contributed by atoms with E-state index in [9.17, 15) is 5.11 Å². The molecule has 0 bridgehead atoms. The van der Waals surface area contributed by atoms with Gasteiger partial charge < -0.3 is 10.4 Å². The highest BCUT2D eigenvalue weighted by atomic mass is 16.3. The second-order valence-corrected chi connectivity index (χ2v) is 6.39. The third-order valence-corrected chi connectivity index (χ3v) is 4.68. The topological polar surface area (TPSA) is 32.3 Å². The Bertz CT molecular complexity index is 219. The minimum absolute atomic E-state index is 0.0819. The normalized spacial score (nSPS) is 50.2. The summed E-state index contributed by atoms with van der Waals surface area (Å²) in [7, 11) is 0. The lowest BCUT2D eigenvalue weighted by molar-refractivity contribution is -0.0116. The Kier molecular flexibility index (Phi) is 3.91. The largest absolute Gasteiger partial charge is 0.393 e. The summed E-state index contributed by atoms with van der Waals surface area (Å²) in [6.07, 6.45) is 4.75. The number of piperidine rings is 1. The third kappa shape index (κ3) is 2.60. The lowest BCUT2D eigenvalue weighted by atomic mass is 9.68. The van der Waals surface area contributed by atoms with Gasteiger partial charge in [-0.25, -0.2) is 0 Å². The molecule has 1 saturated carbocycles. The van der Waals surface area contributed by atoms with E-state index in [4.69, 9.17) is 0 Å². The van der Waals surface area contributed by atoms with Gasteiger partial charge in [-0.1, -0.05) is 20.8 Å². The number of hydrogen-bond acceptors (Lipinski definition) is 2. The maximum absolute atomic E-state index is 10.3. The van der Waals surface area contributed by atoms with Gasteiger partial charge in [0, 0.05) is 12.0 Å². The summed E-state index contributed by atoms with van der Waals surface area (Å²) in [5.74, 6) is 2.67. The molecule has 2 N–H and O–H groups in total. The Morgan fingerprint density at radius 3 is 2.38 bits per heavy atom. The Morgan fingerprint density at radius 2 is 1.75 bits per heavy atom. The van der Waals surface area contributed by atoms with Crippen LogP contribution in [0.15, 0.2) is 0 Å². The summed E-state index contributed by atoms with van der Waals surface area (Å²) in [5.41, 5.74) is 0. The van der Waals surface area contributed by atoms with Gasteiger partial charge in [0.15, 0.2) is 0 Å². The van der Waals surface area contributed by atoms with Crippen molar-refractivity contribution in [1.29, 1.82) is 0 Å². The van der Waals surface area contributed by atoms with Crippen molar-refractivity contribution in [2.45, 2.75) is 58.6 Å². The molecule has 1 heterocycles. The SMILES string of the molecule is CC1CC(C)C(C2CC(C)CCN2)C(O)C1. The van der Waals surface area contributed by atoms with Crippen LogP contribution < -0.4 is 5.32 Å². The molecule has 2 nitrogen and oxygen atoms in total. The fourth-order valence-corrected chi connectivity index (χ4v) is 3.94. The van der Waals surface area contributed by atoms with Crippen LogP contribution in [0.4, 0.5) is 0 Å². The second kappa shape index (κ2) is 5.05. The highest BCUT2D eigenvalue weighted by Gasteiger charge is 2.39. The molecule has 1 aliphatic carbocycles. The van der Waals surface area contributed by atoms with Crippen LogP contribution in [0.3, 0.4) is 0 Å². The molecule has 0 spiro atoms. The zero-order valence-corrected chi connectivity index (χ0v) is 10.9. The van der Waals surface area contributed by atoms with E-state index in [-0.39, 0.29) is 6.10 Å². The van der Waals surface area contributed by atoms with Crippen molar-refractivity contribution in [2.75, 3.05) is 6.54 Å². The number of aliphatic hydroxyl groups excluding tert-OH is 1. The van der Waals surface area contributed by atoms with Crippen LogP contribution in [-0.2, 0) is 0 Å². The lowest BCUT2D eigenvalue weighted by Gasteiger charge is -2.44. The molecule has 2 rings (SSSR count). The average Bonchev–Trinajstić information content (AvgIpc) is 2.15. The first-order valence-corrected chi connectivity index (χ1v) is 6.99. The minimum atomic E-state index is -0.0819. The van der Waals surface area contributed by atoms with Crippen molar-refractivity contribution in [3.05, 3.63) is 0 Å². The first-order valence-electron chi connectivity index (χ1n) is 6.99. The maximum atomic E-state index is 10.3. The Morgan fingerprint density at radius 1 is 1.00 bits per heavy atom. The van der Waals surface area contributed by atoms with Crippen LogP contribution in [0.25, 0.3) is 0 Å². The maximum Gasteiger partial charge on any atom is 0.0588 e. The predicted octanol–water partition coefficient (Wildman–Crippen LogP) is 2.42. The quantitative estimate of drug-likeness (QED) is 0.718. The molecule has 2 aliphatic rings. The summed E-state index contributed by atoms with van der Waals surface area (Å²) in [5, 5.41) is 13.9. The van der Waals surface area contributed by atoms with Crippen LogP contribution in [-0.4, -0.2) is 23.8 Å². The molecule has 0 aromatic rings. The van der Waals surface area contributed by atoms with Gasteiger partial charge in [0.1, 0.15) is 0 Å². The van der Waals surface area contributed by atoms with Crippen LogP contribution in [0.5, 0.6) is 0 Å². The minimum Gasteiger partial charge on any atom is -0.393 e. The van der Waals surface area contributed by atoms with Gasteiger partial charge in [-0.05, 0) is 50.0 Å². The number of nitrogens with one attached hydrogen (secondary N) is 1. The van der Waals surface area contributed by atoms with Gasteiger partial charge >= 0.3 is 0 Å². The molecule has 0 aromatic heterocycles. The van der Waals surface area contributed by atoms with Gasteiger partial charge in [0.25, 0.3) is 0 Å². The molecule has 2 fully saturated rings. The number of rotatable bonds is 1. The molecular weight excluding hydrogens is 198 g/mol. The zero-order valence-electron chi connectivity index (χ0n) is 10.9. The fourth-order valence-electron chi connectivity index (χ4n) is 3.94. The highest BCUT2D eigenvalue weighted by Crippen LogP contribution is 2.38. The van der Waals surface area contributed by atoms with Gasteiger partial charge in [0.05, 0.1) is 6.10 Å². The molecule has 6 unspecified atom stereocenters. The first-order chi connectivity index (χ1) is 7.58. The Hall–Kier alpha value is -0.0800. The van der Waals surface area contributed by atoms with Gasteiger partial charge in [0.2, 0.25) is 0 Å². The molecule has 6 atom stereocenters. The van der Waals surface area contributed by atoms with Crippen LogP contribution in [0.1, 0.15) is 46.5 Å². The molecule has 0 radical (unpaired) electrons.